The molecule has 1 aliphatic heterocycles. The van der Waals surface area contributed by atoms with Crippen molar-refractivity contribution >= 4 is 0 Å². The van der Waals surface area contributed by atoms with Crippen molar-refractivity contribution in [2.75, 3.05) is 40.1 Å². The number of hydrogen-bond acceptors (Lipinski definition) is 4. The Kier molecular flexibility index (Phi) is 21.0. The molecule has 1 heterocycles. The van der Waals surface area contributed by atoms with Crippen LogP contribution in [0.4, 0.5) is 0 Å². The number of nitrogens with two attached hydrogens (primary N) is 1. The van der Waals surface area contributed by atoms with E-state index >= 15 is 0 Å². The van der Waals surface area contributed by atoms with Crippen LogP contribution in [0.1, 0.15) is 19.8 Å². The Balaban J connectivity index is 0. The first-order chi connectivity index (χ1) is 6.41. The van der Waals surface area contributed by atoms with Gasteiger partial charge in [-0.2, -0.15) is 0 Å². The quantitative estimate of drug-likeness (QED) is 0.665. The Labute approximate surface area is 81.0 Å². The van der Waals surface area contributed by atoms with E-state index in [-0.39, 0.29) is 0 Å². The summed E-state index contributed by atoms with van der Waals surface area (Å²) in [6.45, 7) is 6.09. The molecule has 1 aliphatic rings. The smallest absolute Gasteiger partial charge is 0.0701 e. The highest BCUT2D eigenvalue weighted by atomic mass is 16.6. The van der Waals surface area contributed by atoms with E-state index in [2.05, 4.69) is 6.92 Å². The number of hydrogen-bond donors (Lipinski definition) is 2. The summed E-state index contributed by atoms with van der Waals surface area (Å²) in [5.41, 5.74) is 5.14. The van der Waals surface area contributed by atoms with Crippen molar-refractivity contribution in [2.45, 2.75) is 19.8 Å². The van der Waals surface area contributed by atoms with Gasteiger partial charge in [0, 0.05) is 7.11 Å². The molecule has 0 saturated carbocycles. The molecule has 82 valence electrons. The lowest BCUT2D eigenvalue weighted by Gasteiger charge is -2.09. The van der Waals surface area contributed by atoms with Crippen LogP contribution in [0.15, 0.2) is 0 Å². The number of aliphatic hydroxyl groups is 1. The molecule has 0 aliphatic carbocycles. The molecule has 3 N–H and O–H groups in total. The first-order valence-electron chi connectivity index (χ1n) is 4.72. The third kappa shape index (κ3) is 18.7. The van der Waals surface area contributed by atoms with Crippen LogP contribution >= 0.6 is 0 Å². The second-order valence-corrected chi connectivity index (χ2v) is 2.37. The zero-order chi connectivity index (χ0) is 10.4. The van der Waals surface area contributed by atoms with Gasteiger partial charge in [0.2, 0.25) is 0 Å². The molecule has 4 nitrogen and oxygen atoms in total. The average Bonchev–Trinajstić information content (AvgIpc) is 2.25. The fourth-order valence-electron chi connectivity index (χ4n) is 0.644. The monoisotopic (exact) mass is 193 g/mol. The standard InChI is InChI=1S/C4H11N.C4H8O2.CH4O/c1-2-3-4-5;1-2-6-4-3-5-1;1-2/h2-5H2,1H3;1-4H2;2H,1H3. The first-order valence-corrected chi connectivity index (χ1v) is 4.72. The number of unbranched alkanes of at least 4 members (excludes halogenated alkanes) is 1. The van der Waals surface area contributed by atoms with Gasteiger partial charge in [-0.15, -0.1) is 0 Å². The van der Waals surface area contributed by atoms with Crippen molar-refractivity contribution in [3.63, 3.8) is 0 Å². The second kappa shape index (κ2) is 17.8. The molecule has 0 aromatic carbocycles. The van der Waals surface area contributed by atoms with E-state index in [1.165, 1.54) is 12.8 Å². The maximum Gasteiger partial charge on any atom is 0.0701 e. The molecule has 0 spiro atoms. The first kappa shape index (κ1) is 15.3. The molecule has 0 aromatic rings. The molecule has 0 amide bonds. The SMILES string of the molecule is C1COCCO1.CCCCN.CO. The lowest BCUT2D eigenvalue weighted by atomic mass is 10.3. The zero-order valence-corrected chi connectivity index (χ0v) is 8.79. The summed E-state index contributed by atoms with van der Waals surface area (Å²) in [6, 6.07) is 0. The fraction of sp³-hybridized carbons (Fsp3) is 1.00. The summed E-state index contributed by atoms with van der Waals surface area (Å²) in [6.07, 6.45) is 2.39. The third-order valence-electron chi connectivity index (χ3n) is 1.30. The molecule has 4 heteroatoms. The molecule has 0 radical (unpaired) electrons. The predicted molar refractivity (Wildman–Crippen MR) is 53.7 cm³/mol. The largest absolute Gasteiger partial charge is 0.400 e. The van der Waals surface area contributed by atoms with Crippen LogP contribution in [0.25, 0.3) is 0 Å². The van der Waals surface area contributed by atoms with Gasteiger partial charge >= 0.3 is 0 Å². The lowest BCUT2D eigenvalue weighted by Crippen LogP contribution is -2.16. The maximum absolute atomic E-state index is 7.00. The maximum atomic E-state index is 7.00. The topological polar surface area (TPSA) is 64.7 Å². The van der Waals surface area contributed by atoms with Crippen LogP contribution < -0.4 is 5.73 Å². The van der Waals surface area contributed by atoms with Gasteiger partial charge in [0.05, 0.1) is 26.4 Å². The van der Waals surface area contributed by atoms with Gasteiger partial charge in [-0.25, -0.2) is 0 Å². The molecular weight excluding hydrogens is 170 g/mol. The molecule has 1 saturated heterocycles. The lowest BCUT2D eigenvalue weighted by molar-refractivity contribution is -0.0334. The zero-order valence-electron chi connectivity index (χ0n) is 8.79. The van der Waals surface area contributed by atoms with Crippen LogP contribution in [-0.2, 0) is 9.47 Å². The summed E-state index contributed by atoms with van der Waals surface area (Å²) in [7, 11) is 1.00. The summed E-state index contributed by atoms with van der Waals surface area (Å²) in [5, 5.41) is 7.00. The Morgan fingerprint density at radius 2 is 1.46 bits per heavy atom. The van der Waals surface area contributed by atoms with Crippen molar-refractivity contribution in [3.8, 4) is 0 Å². The third-order valence-corrected chi connectivity index (χ3v) is 1.30. The minimum atomic E-state index is 0.778. The summed E-state index contributed by atoms with van der Waals surface area (Å²) in [5.74, 6) is 0. The van der Waals surface area contributed by atoms with Gasteiger partial charge in [0.1, 0.15) is 0 Å². The van der Waals surface area contributed by atoms with Crippen molar-refractivity contribution < 1.29 is 14.6 Å². The molecule has 0 unspecified atom stereocenters. The number of ether oxygens (including phenoxy) is 2. The fourth-order valence-corrected chi connectivity index (χ4v) is 0.644. The Morgan fingerprint density at radius 3 is 1.54 bits per heavy atom. The molecule has 13 heavy (non-hydrogen) atoms. The van der Waals surface area contributed by atoms with Crippen LogP contribution in [0, 0.1) is 0 Å². The van der Waals surface area contributed by atoms with Crippen molar-refractivity contribution in [1.29, 1.82) is 0 Å². The van der Waals surface area contributed by atoms with E-state index in [1.54, 1.807) is 0 Å². The van der Waals surface area contributed by atoms with Crippen LogP contribution in [0.3, 0.4) is 0 Å². The van der Waals surface area contributed by atoms with Gasteiger partial charge in [0.25, 0.3) is 0 Å². The number of aliphatic hydroxyl groups excluding tert-OH is 1. The van der Waals surface area contributed by atoms with E-state index in [1.807, 2.05) is 0 Å². The Bertz CT molecular complexity index is 54.4. The summed E-state index contributed by atoms with van der Waals surface area (Å²) in [4.78, 5) is 0. The molecule has 1 fully saturated rings. The van der Waals surface area contributed by atoms with Gasteiger partial charge in [-0.3, -0.25) is 0 Å². The minimum absolute atomic E-state index is 0.778. The highest BCUT2D eigenvalue weighted by Crippen LogP contribution is 1.85. The molecule has 1 rings (SSSR count). The summed E-state index contributed by atoms with van der Waals surface area (Å²) >= 11 is 0. The van der Waals surface area contributed by atoms with Crippen molar-refractivity contribution in [1.82, 2.24) is 0 Å². The van der Waals surface area contributed by atoms with E-state index in [0.29, 0.717) is 0 Å². The highest BCUT2D eigenvalue weighted by molar-refractivity contribution is 4.37. The predicted octanol–water partition coefficient (Wildman–Crippen LogP) is 0.387. The normalized spacial score (nSPS) is 14.8. The molecule has 0 bridgehead atoms. The van der Waals surface area contributed by atoms with E-state index in [0.717, 1.165) is 40.1 Å². The number of rotatable bonds is 2. The van der Waals surface area contributed by atoms with Crippen molar-refractivity contribution in [3.05, 3.63) is 0 Å². The van der Waals surface area contributed by atoms with Gasteiger partial charge in [-0.05, 0) is 13.0 Å². The van der Waals surface area contributed by atoms with Gasteiger partial charge in [-0.1, -0.05) is 13.3 Å². The average molecular weight is 193 g/mol. The van der Waals surface area contributed by atoms with Gasteiger partial charge < -0.3 is 20.3 Å². The van der Waals surface area contributed by atoms with E-state index in [9.17, 15) is 0 Å². The molecular formula is C9H23NO3. The Hall–Kier alpha value is -0.160. The molecule has 0 aromatic heterocycles. The van der Waals surface area contributed by atoms with Crippen LogP contribution in [0.5, 0.6) is 0 Å². The van der Waals surface area contributed by atoms with Crippen LogP contribution in [0.2, 0.25) is 0 Å². The highest BCUT2D eigenvalue weighted by Gasteiger charge is 1.94. The second-order valence-electron chi connectivity index (χ2n) is 2.37. The van der Waals surface area contributed by atoms with E-state index < -0.39 is 0 Å². The Morgan fingerprint density at radius 1 is 1.08 bits per heavy atom. The van der Waals surface area contributed by atoms with E-state index in [4.69, 9.17) is 20.3 Å². The summed E-state index contributed by atoms with van der Waals surface area (Å²) < 4.78 is 9.89. The molecule has 0 atom stereocenters. The van der Waals surface area contributed by atoms with Crippen molar-refractivity contribution in [2.24, 2.45) is 5.73 Å². The minimum Gasteiger partial charge on any atom is -0.400 e. The van der Waals surface area contributed by atoms with Crippen LogP contribution in [-0.4, -0.2) is 45.2 Å². The van der Waals surface area contributed by atoms with Gasteiger partial charge in [0.15, 0.2) is 0 Å².